The van der Waals surface area contributed by atoms with Crippen molar-refractivity contribution < 1.29 is 8.42 Å². The number of hydrogen-bond donors (Lipinski definition) is 1. The van der Waals surface area contributed by atoms with Gasteiger partial charge in [-0.2, -0.15) is 17.0 Å². The summed E-state index contributed by atoms with van der Waals surface area (Å²) in [6.07, 6.45) is 1.92. The van der Waals surface area contributed by atoms with Gasteiger partial charge in [0.25, 0.3) is 0 Å². The van der Waals surface area contributed by atoms with Crippen molar-refractivity contribution in [1.29, 1.82) is 5.26 Å². The standard InChI is InChI=1S/C12H16N2O2S2/c1-9-4-5-11(7-13)6-12(9)18(15,16)14-10(2)8-17-3/h4-6,10,14H,8H2,1-3H3. The maximum Gasteiger partial charge on any atom is 0.241 e. The third-order valence-corrected chi connectivity index (χ3v) is 4.94. The average molecular weight is 284 g/mol. The molecule has 18 heavy (non-hydrogen) atoms. The molecule has 0 heterocycles. The van der Waals surface area contributed by atoms with Crippen LogP contribution in [0.4, 0.5) is 0 Å². The van der Waals surface area contributed by atoms with Crippen molar-refractivity contribution in [2.45, 2.75) is 24.8 Å². The fourth-order valence-electron chi connectivity index (χ4n) is 1.57. The molecule has 0 spiro atoms. The minimum absolute atomic E-state index is 0.143. The number of nitriles is 1. The fraction of sp³-hybridized carbons (Fsp3) is 0.417. The molecule has 0 aromatic heterocycles. The molecule has 4 nitrogen and oxygen atoms in total. The number of benzene rings is 1. The topological polar surface area (TPSA) is 70.0 Å². The summed E-state index contributed by atoms with van der Waals surface area (Å²) in [5, 5.41) is 8.82. The van der Waals surface area contributed by atoms with E-state index in [9.17, 15) is 8.42 Å². The van der Waals surface area contributed by atoms with Gasteiger partial charge in [-0.15, -0.1) is 0 Å². The van der Waals surface area contributed by atoms with E-state index in [2.05, 4.69) is 4.72 Å². The summed E-state index contributed by atoms with van der Waals surface area (Å²) in [7, 11) is -3.56. The number of hydrogen-bond acceptors (Lipinski definition) is 4. The Kier molecular flexibility index (Phi) is 5.20. The highest BCUT2D eigenvalue weighted by Gasteiger charge is 2.19. The summed E-state index contributed by atoms with van der Waals surface area (Å²) in [5.74, 6) is 0.705. The summed E-state index contributed by atoms with van der Waals surface area (Å²) in [4.78, 5) is 0.175. The number of thioether (sulfide) groups is 1. The van der Waals surface area contributed by atoms with E-state index in [1.54, 1.807) is 30.8 Å². The zero-order valence-electron chi connectivity index (χ0n) is 10.6. The van der Waals surface area contributed by atoms with Crippen molar-refractivity contribution in [3.63, 3.8) is 0 Å². The Morgan fingerprint density at radius 3 is 2.72 bits per heavy atom. The largest absolute Gasteiger partial charge is 0.241 e. The lowest BCUT2D eigenvalue weighted by Gasteiger charge is -2.14. The zero-order chi connectivity index (χ0) is 13.8. The van der Waals surface area contributed by atoms with Gasteiger partial charge in [0.15, 0.2) is 0 Å². The number of nitrogens with zero attached hydrogens (tertiary/aromatic N) is 1. The summed E-state index contributed by atoms with van der Waals surface area (Å²) < 4.78 is 27.0. The molecule has 0 aliphatic heterocycles. The molecule has 1 N–H and O–H groups in total. The minimum Gasteiger partial charge on any atom is -0.208 e. The van der Waals surface area contributed by atoms with Crippen LogP contribution in [-0.4, -0.2) is 26.5 Å². The Hall–Kier alpha value is -1.03. The molecule has 0 aliphatic rings. The highest BCUT2D eigenvalue weighted by molar-refractivity contribution is 7.98. The van der Waals surface area contributed by atoms with Gasteiger partial charge in [0.05, 0.1) is 16.5 Å². The maximum atomic E-state index is 12.2. The number of rotatable bonds is 5. The van der Waals surface area contributed by atoms with Crippen molar-refractivity contribution in [2.75, 3.05) is 12.0 Å². The molecule has 0 bridgehead atoms. The van der Waals surface area contributed by atoms with Crippen LogP contribution in [0.15, 0.2) is 23.1 Å². The van der Waals surface area contributed by atoms with Crippen LogP contribution in [0.25, 0.3) is 0 Å². The van der Waals surface area contributed by atoms with Crippen molar-refractivity contribution in [2.24, 2.45) is 0 Å². The third kappa shape index (κ3) is 3.73. The predicted octanol–water partition coefficient (Wildman–Crippen LogP) is 1.90. The van der Waals surface area contributed by atoms with E-state index in [4.69, 9.17) is 5.26 Å². The van der Waals surface area contributed by atoms with E-state index < -0.39 is 10.0 Å². The van der Waals surface area contributed by atoms with Crippen LogP contribution >= 0.6 is 11.8 Å². The summed E-state index contributed by atoms with van der Waals surface area (Å²) in [6.45, 7) is 3.53. The molecular weight excluding hydrogens is 268 g/mol. The van der Waals surface area contributed by atoms with E-state index >= 15 is 0 Å². The Morgan fingerprint density at radius 2 is 2.17 bits per heavy atom. The van der Waals surface area contributed by atoms with E-state index in [1.807, 2.05) is 19.2 Å². The van der Waals surface area contributed by atoms with E-state index in [0.29, 0.717) is 16.9 Å². The fourth-order valence-corrected chi connectivity index (χ4v) is 3.77. The van der Waals surface area contributed by atoms with Gasteiger partial charge >= 0.3 is 0 Å². The molecule has 0 fully saturated rings. The van der Waals surface area contributed by atoms with Crippen LogP contribution in [0.1, 0.15) is 18.1 Å². The molecule has 98 valence electrons. The van der Waals surface area contributed by atoms with Crippen LogP contribution in [0.3, 0.4) is 0 Å². The van der Waals surface area contributed by atoms with Crippen LogP contribution in [0, 0.1) is 18.3 Å². The maximum absolute atomic E-state index is 12.2. The van der Waals surface area contributed by atoms with Crippen LogP contribution in [-0.2, 0) is 10.0 Å². The molecule has 1 unspecified atom stereocenters. The van der Waals surface area contributed by atoms with Crippen molar-refractivity contribution in [1.82, 2.24) is 4.72 Å². The van der Waals surface area contributed by atoms with E-state index in [1.165, 1.54) is 6.07 Å². The van der Waals surface area contributed by atoms with Gasteiger partial charge in [0, 0.05) is 11.8 Å². The average Bonchev–Trinajstić information content (AvgIpc) is 2.29. The molecule has 6 heteroatoms. The molecule has 0 aliphatic carbocycles. The minimum atomic E-state index is -3.56. The molecule has 1 rings (SSSR count). The van der Waals surface area contributed by atoms with Gasteiger partial charge in [0.2, 0.25) is 10.0 Å². The molecule has 1 atom stereocenters. The molecule has 1 aromatic carbocycles. The van der Waals surface area contributed by atoms with Crippen LogP contribution in [0.5, 0.6) is 0 Å². The van der Waals surface area contributed by atoms with E-state index in [0.717, 1.165) is 0 Å². The monoisotopic (exact) mass is 284 g/mol. The highest BCUT2D eigenvalue weighted by Crippen LogP contribution is 2.17. The Bertz CT molecular complexity index is 562. The summed E-state index contributed by atoms with van der Waals surface area (Å²) in [6, 6.07) is 6.47. The Balaban J connectivity index is 3.09. The van der Waals surface area contributed by atoms with E-state index in [-0.39, 0.29) is 10.9 Å². The zero-order valence-corrected chi connectivity index (χ0v) is 12.2. The van der Waals surface area contributed by atoms with Gasteiger partial charge in [-0.3, -0.25) is 0 Å². The van der Waals surface area contributed by atoms with Crippen molar-refractivity contribution >= 4 is 21.8 Å². The summed E-state index contributed by atoms with van der Waals surface area (Å²) >= 11 is 1.58. The molecule has 1 aromatic rings. The first-order valence-electron chi connectivity index (χ1n) is 5.42. The highest BCUT2D eigenvalue weighted by atomic mass is 32.2. The van der Waals surface area contributed by atoms with Gasteiger partial charge < -0.3 is 0 Å². The lowest BCUT2D eigenvalue weighted by molar-refractivity contribution is 0.570. The van der Waals surface area contributed by atoms with Gasteiger partial charge in [0.1, 0.15) is 0 Å². The lowest BCUT2D eigenvalue weighted by Crippen LogP contribution is -2.34. The second-order valence-corrected chi connectivity index (χ2v) is 6.66. The number of sulfonamides is 1. The number of aryl methyl sites for hydroxylation is 1. The quantitative estimate of drug-likeness (QED) is 0.896. The Morgan fingerprint density at radius 1 is 1.50 bits per heavy atom. The predicted molar refractivity (Wildman–Crippen MR) is 74.1 cm³/mol. The molecule has 0 saturated heterocycles. The molecule has 0 radical (unpaired) electrons. The van der Waals surface area contributed by atoms with Crippen LogP contribution < -0.4 is 4.72 Å². The second-order valence-electron chi connectivity index (χ2n) is 4.07. The lowest BCUT2D eigenvalue weighted by atomic mass is 10.2. The Labute approximate surface area is 112 Å². The normalized spacial score (nSPS) is 13.0. The second kappa shape index (κ2) is 6.23. The van der Waals surface area contributed by atoms with Crippen LogP contribution in [0.2, 0.25) is 0 Å². The van der Waals surface area contributed by atoms with Gasteiger partial charge in [-0.1, -0.05) is 6.07 Å². The van der Waals surface area contributed by atoms with Crippen molar-refractivity contribution in [3.8, 4) is 6.07 Å². The number of nitrogens with one attached hydrogen (secondary N) is 1. The molecular formula is C12H16N2O2S2. The smallest absolute Gasteiger partial charge is 0.208 e. The van der Waals surface area contributed by atoms with Crippen molar-refractivity contribution in [3.05, 3.63) is 29.3 Å². The van der Waals surface area contributed by atoms with Gasteiger partial charge in [-0.05, 0) is 37.8 Å². The first kappa shape index (κ1) is 15.0. The third-order valence-electron chi connectivity index (χ3n) is 2.38. The SMILES string of the molecule is CSCC(C)NS(=O)(=O)c1cc(C#N)ccc1C. The molecule has 0 saturated carbocycles. The molecule has 0 amide bonds. The summed E-state index contributed by atoms with van der Waals surface area (Å²) in [5.41, 5.74) is 0.983. The van der Waals surface area contributed by atoms with Gasteiger partial charge in [-0.25, -0.2) is 13.1 Å². The first-order valence-corrected chi connectivity index (χ1v) is 8.30. The first-order chi connectivity index (χ1) is 8.40.